The van der Waals surface area contributed by atoms with Crippen molar-refractivity contribution < 1.29 is 9.66 Å². The average molecular weight is 273 g/mol. The first-order chi connectivity index (χ1) is 9.75. The molecule has 1 N–H and O–H groups in total. The van der Waals surface area contributed by atoms with Crippen LogP contribution in [0.4, 0.5) is 11.4 Å². The number of nitro benzene ring substituents is 1. The third kappa shape index (κ3) is 2.42. The van der Waals surface area contributed by atoms with Gasteiger partial charge in [0.2, 0.25) is 0 Å². The third-order valence-electron chi connectivity index (χ3n) is 3.46. The molecule has 3 rings (SSSR count). The number of benzene rings is 1. The van der Waals surface area contributed by atoms with Crippen LogP contribution in [0.1, 0.15) is 12.8 Å². The Kier molecular flexibility index (Phi) is 3.47. The van der Waals surface area contributed by atoms with Crippen LogP contribution >= 0.6 is 0 Å². The van der Waals surface area contributed by atoms with Crippen molar-refractivity contribution in [1.82, 2.24) is 4.98 Å². The molecule has 1 fully saturated rings. The van der Waals surface area contributed by atoms with E-state index in [0.717, 1.165) is 19.4 Å². The summed E-state index contributed by atoms with van der Waals surface area (Å²) in [7, 11) is 0. The number of hydrogen-bond donors (Lipinski definition) is 1. The summed E-state index contributed by atoms with van der Waals surface area (Å²) in [6, 6.07) is 7.08. The second-order valence-electron chi connectivity index (χ2n) is 4.85. The van der Waals surface area contributed by atoms with Crippen molar-refractivity contribution >= 4 is 22.3 Å². The molecular weight excluding hydrogens is 258 g/mol. The number of rotatable bonds is 3. The molecule has 0 bridgehead atoms. The van der Waals surface area contributed by atoms with E-state index < -0.39 is 0 Å². The fourth-order valence-corrected chi connectivity index (χ4v) is 2.52. The Bertz CT molecular complexity index is 639. The second-order valence-corrected chi connectivity index (χ2v) is 4.85. The zero-order valence-corrected chi connectivity index (χ0v) is 10.9. The molecule has 0 aliphatic carbocycles. The highest BCUT2D eigenvalue weighted by Gasteiger charge is 2.22. The van der Waals surface area contributed by atoms with Gasteiger partial charge in [0.05, 0.1) is 22.4 Å². The van der Waals surface area contributed by atoms with Gasteiger partial charge < -0.3 is 10.1 Å². The molecule has 6 heteroatoms. The van der Waals surface area contributed by atoms with E-state index >= 15 is 0 Å². The molecule has 2 heterocycles. The lowest BCUT2D eigenvalue weighted by Gasteiger charge is -2.24. The van der Waals surface area contributed by atoms with Crippen LogP contribution in [0, 0.1) is 10.1 Å². The number of nitrogens with zero attached hydrogens (tertiary/aromatic N) is 2. The van der Waals surface area contributed by atoms with Crippen LogP contribution in [0.3, 0.4) is 0 Å². The van der Waals surface area contributed by atoms with Gasteiger partial charge in [-0.2, -0.15) is 0 Å². The molecule has 1 aliphatic rings. The zero-order chi connectivity index (χ0) is 13.9. The number of nitro groups is 1. The smallest absolute Gasteiger partial charge is 0.301 e. The van der Waals surface area contributed by atoms with Gasteiger partial charge in [-0.3, -0.25) is 15.1 Å². The van der Waals surface area contributed by atoms with Crippen LogP contribution in [0.25, 0.3) is 10.9 Å². The zero-order valence-electron chi connectivity index (χ0n) is 10.9. The highest BCUT2D eigenvalue weighted by Crippen LogP contribution is 2.33. The summed E-state index contributed by atoms with van der Waals surface area (Å²) in [6.45, 7) is 1.35. The van der Waals surface area contributed by atoms with Gasteiger partial charge in [0.15, 0.2) is 0 Å². The lowest BCUT2D eigenvalue weighted by molar-refractivity contribution is -0.382. The lowest BCUT2D eigenvalue weighted by atomic mass is 10.1. The Hall–Kier alpha value is -2.21. The molecule has 20 heavy (non-hydrogen) atoms. The third-order valence-corrected chi connectivity index (χ3v) is 3.46. The van der Waals surface area contributed by atoms with E-state index in [4.69, 9.17) is 4.74 Å². The normalized spacial score (nSPS) is 18.9. The van der Waals surface area contributed by atoms with Crippen molar-refractivity contribution in [2.24, 2.45) is 0 Å². The Morgan fingerprint density at radius 1 is 1.40 bits per heavy atom. The van der Waals surface area contributed by atoms with Crippen LogP contribution in [0.2, 0.25) is 0 Å². The molecule has 2 aromatic rings. The number of anilines is 1. The summed E-state index contributed by atoms with van der Waals surface area (Å²) >= 11 is 0. The highest BCUT2D eigenvalue weighted by atomic mass is 16.6. The van der Waals surface area contributed by atoms with E-state index in [0.29, 0.717) is 23.2 Å². The second kappa shape index (κ2) is 5.42. The van der Waals surface area contributed by atoms with Crippen molar-refractivity contribution in [2.75, 3.05) is 18.5 Å². The first-order valence-electron chi connectivity index (χ1n) is 6.62. The lowest BCUT2D eigenvalue weighted by Crippen LogP contribution is -2.30. The van der Waals surface area contributed by atoms with E-state index in [1.807, 2.05) is 0 Å². The van der Waals surface area contributed by atoms with Crippen LogP contribution < -0.4 is 5.32 Å². The average Bonchev–Trinajstić information content (AvgIpc) is 2.47. The maximum Gasteiger partial charge on any atom is 0.301 e. The molecule has 0 radical (unpaired) electrons. The monoisotopic (exact) mass is 273 g/mol. The molecule has 104 valence electrons. The molecule has 1 atom stereocenters. The van der Waals surface area contributed by atoms with Crippen molar-refractivity contribution in [3.63, 3.8) is 0 Å². The van der Waals surface area contributed by atoms with E-state index in [9.17, 15) is 10.1 Å². The van der Waals surface area contributed by atoms with Crippen LogP contribution in [-0.2, 0) is 4.74 Å². The number of hydrogen-bond acceptors (Lipinski definition) is 5. The Balaban J connectivity index is 2.01. The Labute approximate surface area is 115 Å². The van der Waals surface area contributed by atoms with Crippen molar-refractivity contribution in [3.8, 4) is 0 Å². The predicted molar refractivity (Wildman–Crippen MR) is 75.9 cm³/mol. The molecule has 1 unspecified atom stereocenters. The predicted octanol–water partition coefficient (Wildman–Crippen LogP) is 2.73. The highest BCUT2D eigenvalue weighted by molar-refractivity contribution is 5.94. The van der Waals surface area contributed by atoms with Gasteiger partial charge in [0, 0.05) is 18.8 Å². The van der Waals surface area contributed by atoms with E-state index in [1.54, 1.807) is 30.5 Å². The minimum atomic E-state index is -0.351. The molecule has 1 saturated heterocycles. The van der Waals surface area contributed by atoms with Gasteiger partial charge in [-0.1, -0.05) is 0 Å². The molecule has 1 aromatic carbocycles. The summed E-state index contributed by atoms with van der Waals surface area (Å²) in [5.41, 5.74) is 1.25. The molecular formula is C14H15N3O3. The van der Waals surface area contributed by atoms with Gasteiger partial charge in [0.25, 0.3) is 0 Å². The fraction of sp³-hybridized carbons (Fsp3) is 0.357. The van der Waals surface area contributed by atoms with Gasteiger partial charge in [-0.25, -0.2) is 0 Å². The molecule has 1 aliphatic heterocycles. The number of fused-ring (bicyclic) bond motifs is 1. The van der Waals surface area contributed by atoms with E-state index in [1.165, 1.54) is 0 Å². The van der Waals surface area contributed by atoms with Gasteiger partial charge in [-0.15, -0.1) is 0 Å². The number of nitrogens with one attached hydrogen (secondary N) is 1. The summed E-state index contributed by atoms with van der Waals surface area (Å²) in [5.74, 6) is 0. The standard InChI is InChI=1S/C14H15N3O3/c18-17(19)14-11-4-1-7-15-12(11)5-6-13(14)16-10-3-2-8-20-9-10/h1,4-7,10,16H,2-3,8-9H2. The molecule has 1 aromatic heterocycles. The van der Waals surface area contributed by atoms with E-state index in [-0.39, 0.29) is 16.7 Å². The quantitative estimate of drug-likeness (QED) is 0.687. The van der Waals surface area contributed by atoms with E-state index in [2.05, 4.69) is 10.3 Å². The summed E-state index contributed by atoms with van der Waals surface area (Å²) in [4.78, 5) is 15.2. The molecule has 0 spiro atoms. The van der Waals surface area contributed by atoms with Crippen LogP contribution in [-0.4, -0.2) is 29.2 Å². The minimum Gasteiger partial charge on any atom is -0.379 e. The van der Waals surface area contributed by atoms with Gasteiger partial charge in [0.1, 0.15) is 5.69 Å². The molecule has 6 nitrogen and oxygen atoms in total. The molecule has 0 amide bonds. The Morgan fingerprint density at radius 2 is 2.30 bits per heavy atom. The summed E-state index contributed by atoms with van der Waals surface area (Å²) in [6.07, 6.45) is 3.57. The maximum absolute atomic E-state index is 11.4. The first-order valence-corrected chi connectivity index (χ1v) is 6.62. The first kappa shape index (κ1) is 12.8. The maximum atomic E-state index is 11.4. The number of ether oxygens (including phenoxy) is 1. The number of aromatic nitrogens is 1. The van der Waals surface area contributed by atoms with Crippen molar-refractivity contribution in [3.05, 3.63) is 40.6 Å². The topological polar surface area (TPSA) is 77.3 Å². The minimum absolute atomic E-state index is 0.0844. The summed E-state index contributed by atoms with van der Waals surface area (Å²) < 4.78 is 5.40. The SMILES string of the molecule is O=[N+]([O-])c1c(NC2CCCOC2)ccc2ncccc12. The largest absolute Gasteiger partial charge is 0.379 e. The van der Waals surface area contributed by atoms with Crippen molar-refractivity contribution in [2.45, 2.75) is 18.9 Å². The van der Waals surface area contributed by atoms with Crippen LogP contribution in [0.15, 0.2) is 30.5 Å². The molecule has 0 saturated carbocycles. The van der Waals surface area contributed by atoms with Gasteiger partial charge >= 0.3 is 5.69 Å². The Morgan fingerprint density at radius 3 is 3.05 bits per heavy atom. The van der Waals surface area contributed by atoms with Gasteiger partial charge in [-0.05, 0) is 37.1 Å². The fourth-order valence-electron chi connectivity index (χ4n) is 2.52. The van der Waals surface area contributed by atoms with Crippen molar-refractivity contribution in [1.29, 1.82) is 0 Å². The summed E-state index contributed by atoms with van der Waals surface area (Å²) in [5, 5.41) is 15.2. The van der Waals surface area contributed by atoms with Crippen LogP contribution in [0.5, 0.6) is 0 Å². The number of pyridine rings is 1.